The van der Waals surface area contributed by atoms with E-state index in [0.29, 0.717) is 13.2 Å². The average molecular weight is 251 g/mol. The quantitative estimate of drug-likeness (QED) is 0.820. The number of H-pyrrole nitrogens is 1. The minimum absolute atomic E-state index is 0.265. The van der Waals surface area contributed by atoms with E-state index < -0.39 is 17.3 Å². The fourth-order valence-electron chi connectivity index (χ4n) is 1.55. The lowest BCUT2D eigenvalue weighted by molar-refractivity contribution is -0.752. The van der Waals surface area contributed by atoms with E-state index in [-0.39, 0.29) is 5.56 Å². The van der Waals surface area contributed by atoms with Crippen LogP contribution in [-0.2, 0) is 22.9 Å². The van der Waals surface area contributed by atoms with E-state index in [4.69, 9.17) is 4.74 Å². The van der Waals surface area contributed by atoms with Crippen molar-refractivity contribution in [3.63, 3.8) is 0 Å². The van der Waals surface area contributed by atoms with Crippen molar-refractivity contribution in [3.05, 3.63) is 17.5 Å². The molecule has 0 spiro atoms. The van der Waals surface area contributed by atoms with E-state index in [1.807, 2.05) is 0 Å². The highest BCUT2D eigenvalue weighted by Crippen LogP contribution is 2.35. The summed E-state index contributed by atoms with van der Waals surface area (Å²) in [5, 5.41) is 2.37. The number of hydrogen-bond acceptors (Lipinski definition) is 1. The number of halogens is 3. The second-order valence-electron chi connectivity index (χ2n) is 4.96. The van der Waals surface area contributed by atoms with Gasteiger partial charge in [-0.2, -0.15) is 18.3 Å². The van der Waals surface area contributed by atoms with E-state index >= 15 is 0 Å². The first kappa shape index (κ1) is 14.0. The lowest BCUT2D eigenvalue weighted by Gasteiger charge is -2.17. The van der Waals surface area contributed by atoms with Crippen molar-refractivity contribution in [1.82, 2.24) is 5.10 Å². The molecular formula is C11H18F3N2O+. The summed E-state index contributed by atoms with van der Waals surface area (Å²) in [6, 6.07) is 0. The Morgan fingerprint density at radius 3 is 2.24 bits per heavy atom. The monoisotopic (exact) mass is 251 g/mol. The summed E-state index contributed by atoms with van der Waals surface area (Å²) in [7, 11) is 1.51. The third kappa shape index (κ3) is 3.46. The van der Waals surface area contributed by atoms with Gasteiger partial charge in [0.2, 0.25) is 0 Å². The van der Waals surface area contributed by atoms with Gasteiger partial charge in [0.15, 0.2) is 18.4 Å². The molecule has 17 heavy (non-hydrogen) atoms. The molecule has 0 aliphatic carbocycles. The van der Waals surface area contributed by atoms with Crippen LogP contribution in [0.15, 0.2) is 6.20 Å². The highest BCUT2D eigenvalue weighted by molar-refractivity contribution is 5.24. The van der Waals surface area contributed by atoms with E-state index in [0.717, 1.165) is 0 Å². The lowest BCUT2D eigenvalue weighted by atomic mass is 9.87. The molecule has 0 amide bonds. The van der Waals surface area contributed by atoms with Crippen LogP contribution in [-0.4, -0.2) is 18.8 Å². The normalized spacial score (nSPS) is 13.1. The second kappa shape index (κ2) is 4.68. The minimum Gasteiger partial charge on any atom is -0.378 e. The number of aromatic amines is 1. The molecule has 1 heterocycles. The summed E-state index contributed by atoms with van der Waals surface area (Å²) < 4.78 is 44.8. The smallest absolute Gasteiger partial charge is 0.378 e. The van der Waals surface area contributed by atoms with Crippen LogP contribution >= 0.6 is 0 Å². The summed E-state index contributed by atoms with van der Waals surface area (Å²) >= 11 is 0. The van der Waals surface area contributed by atoms with Gasteiger partial charge in [-0.1, -0.05) is 20.8 Å². The van der Waals surface area contributed by atoms with Gasteiger partial charge in [-0.05, 0) is 5.41 Å². The number of ether oxygens (including phenoxy) is 1. The summed E-state index contributed by atoms with van der Waals surface area (Å²) in [6.07, 6.45) is -2.86. The van der Waals surface area contributed by atoms with Crippen molar-refractivity contribution < 1.29 is 22.6 Å². The SMILES string of the molecule is COCC[n+]1cc(C(C)(C)C)c(C(F)(F)F)[nH]1. The fourth-order valence-corrected chi connectivity index (χ4v) is 1.55. The molecule has 0 aromatic carbocycles. The first-order chi connectivity index (χ1) is 7.66. The number of rotatable bonds is 3. The molecule has 0 saturated heterocycles. The molecule has 1 rings (SSSR count). The van der Waals surface area contributed by atoms with Crippen molar-refractivity contribution in [2.45, 2.75) is 38.9 Å². The Morgan fingerprint density at radius 1 is 1.29 bits per heavy atom. The van der Waals surface area contributed by atoms with Gasteiger partial charge >= 0.3 is 6.18 Å². The van der Waals surface area contributed by atoms with Gasteiger partial charge in [0, 0.05) is 7.11 Å². The first-order valence-electron chi connectivity index (χ1n) is 5.35. The van der Waals surface area contributed by atoms with Crippen LogP contribution in [0, 0.1) is 0 Å². The standard InChI is InChI=1S/C11H17F3N2O/c1-10(2,3)8-7-16(5-6-17-4)15-9(8)11(12,13)14/h7H,5-6H2,1-4H3/p+1. The molecule has 6 heteroatoms. The molecule has 0 aliphatic heterocycles. The number of alkyl halides is 3. The molecule has 1 aromatic rings. The van der Waals surface area contributed by atoms with Crippen LogP contribution < -0.4 is 4.68 Å². The number of aromatic nitrogens is 2. The molecule has 0 bridgehead atoms. The Bertz CT molecular complexity index is 346. The molecule has 1 N–H and O–H groups in total. The van der Waals surface area contributed by atoms with Crippen molar-refractivity contribution in [3.8, 4) is 0 Å². The Morgan fingerprint density at radius 2 is 1.88 bits per heavy atom. The Labute approximate surface area is 98.6 Å². The zero-order chi connectivity index (χ0) is 13.3. The van der Waals surface area contributed by atoms with Gasteiger partial charge in [0.25, 0.3) is 0 Å². The number of nitrogens with one attached hydrogen (secondary N) is 1. The van der Waals surface area contributed by atoms with E-state index in [9.17, 15) is 13.2 Å². The average Bonchev–Trinajstić information content (AvgIpc) is 2.57. The molecule has 98 valence electrons. The topological polar surface area (TPSA) is 28.9 Å². The van der Waals surface area contributed by atoms with Crippen LogP contribution in [0.5, 0.6) is 0 Å². The summed E-state index contributed by atoms with van der Waals surface area (Å²) in [5.41, 5.74) is -0.971. The number of methoxy groups -OCH3 is 1. The highest BCUT2D eigenvalue weighted by Gasteiger charge is 2.42. The van der Waals surface area contributed by atoms with Crippen LogP contribution in [0.25, 0.3) is 0 Å². The second-order valence-corrected chi connectivity index (χ2v) is 4.96. The van der Waals surface area contributed by atoms with E-state index in [2.05, 4.69) is 5.10 Å². The maximum absolute atomic E-state index is 12.8. The summed E-state index contributed by atoms with van der Waals surface area (Å²) in [4.78, 5) is 0. The number of hydrogen-bond donors (Lipinski definition) is 1. The first-order valence-corrected chi connectivity index (χ1v) is 5.35. The maximum atomic E-state index is 12.8. The summed E-state index contributed by atoms with van der Waals surface area (Å²) in [5.74, 6) is 0. The molecule has 3 nitrogen and oxygen atoms in total. The predicted octanol–water partition coefficient (Wildman–Crippen LogP) is 2.26. The van der Waals surface area contributed by atoms with Gasteiger partial charge in [-0.3, -0.25) is 0 Å². The molecule has 0 saturated carbocycles. The van der Waals surface area contributed by atoms with Crippen molar-refractivity contribution in [1.29, 1.82) is 0 Å². The minimum atomic E-state index is -4.36. The zero-order valence-corrected chi connectivity index (χ0v) is 10.5. The molecule has 0 radical (unpaired) electrons. The van der Waals surface area contributed by atoms with E-state index in [1.165, 1.54) is 18.0 Å². The van der Waals surface area contributed by atoms with Crippen LogP contribution in [0.2, 0.25) is 0 Å². The summed E-state index contributed by atoms with van der Waals surface area (Å²) in [6.45, 7) is 6.01. The largest absolute Gasteiger partial charge is 0.437 e. The zero-order valence-electron chi connectivity index (χ0n) is 10.5. The third-order valence-corrected chi connectivity index (χ3v) is 2.44. The molecule has 0 fully saturated rings. The van der Waals surface area contributed by atoms with Crippen LogP contribution in [0.3, 0.4) is 0 Å². The molecule has 0 aliphatic rings. The molecular weight excluding hydrogens is 233 g/mol. The van der Waals surface area contributed by atoms with E-state index in [1.54, 1.807) is 20.8 Å². The van der Waals surface area contributed by atoms with Crippen LogP contribution in [0.1, 0.15) is 32.0 Å². The third-order valence-electron chi connectivity index (χ3n) is 2.44. The van der Waals surface area contributed by atoms with Gasteiger partial charge in [0.05, 0.1) is 5.56 Å². The Balaban J connectivity index is 3.13. The van der Waals surface area contributed by atoms with Gasteiger partial charge in [-0.15, -0.1) is 4.68 Å². The maximum Gasteiger partial charge on any atom is 0.437 e. The van der Waals surface area contributed by atoms with Crippen molar-refractivity contribution >= 4 is 0 Å². The molecule has 0 unspecified atom stereocenters. The fraction of sp³-hybridized carbons (Fsp3) is 0.727. The van der Waals surface area contributed by atoms with Crippen molar-refractivity contribution in [2.24, 2.45) is 0 Å². The van der Waals surface area contributed by atoms with Gasteiger partial charge < -0.3 is 4.74 Å². The Kier molecular flexibility index (Phi) is 3.86. The highest BCUT2D eigenvalue weighted by atomic mass is 19.4. The van der Waals surface area contributed by atoms with Crippen molar-refractivity contribution in [2.75, 3.05) is 13.7 Å². The molecule has 1 aromatic heterocycles. The van der Waals surface area contributed by atoms with Crippen LogP contribution in [0.4, 0.5) is 13.2 Å². The Hall–Kier alpha value is -1.04. The number of nitrogens with zero attached hydrogens (tertiary/aromatic N) is 1. The lowest BCUT2D eigenvalue weighted by Crippen LogP contribution is -2.37. The van der Waals surface area contributed by atoms with Gasteiger partial charge in [-0.25, -0.2) is 0 Å². The predicted molar refractivity (Wildman–Crippen MR) is 56.6 cm³/mol. The molecule has 0 atom stereocenters. The van der Waals surface area contributed by atoms with Gasteiger partial charge in [0.1, 0.15) is 6.61 Å².